The van der Waals surface area contributed by atoms with Gasteiger partial charge in [0.25, 0.3) is 5.91 Å². The number of nitrogens with two attached hydrogens (primary N) is 1. The van der Waals surface area contributed by atoms with E-state index >= 15 is 0 Å². The Kier molecular flexibility index (Phi) is 3.88. The van der Waals surface area contributed by atoms with Crippen molar-refractivity contribution in [1.82, 2.24) is 15.5 Å². The average Bonchev–Trinajstić information content (AvgIpc) is 2.93. The minimum atomic E-state index is -1.23. The van der Waals surface area contributed by atoms with Gasteiger partial charge in [-0.2, -0.15) is 0 Å². The third-order valence-corrected chi connectivity index (χ3v) is 4.03. The molecule has 0 radical (unpaired) electrons. The smallest absolute Gasteiger partial charge is 0.525 e. The average molecular weight is 334 g/mol. The van der Waals surface area contributed by atoms with Gasteiger partial charge < -0.3 is 25.8 Å². The lowest BCUT2D eigenvalue weighted by Crippen LogP contribution is -2.38. The standard InChI is InChI=1S/C12H11BN4O5S/c14-12-17-16-10(23-12)9(18)15-7-4-13(21)22-8-5(7)2-1-3-6(8)11(19)20/h1-3,7,21H,4H2,(H2,14,17)(H,15,18)(H,19,20). The maximum atomic E-state index is 12.2. The molecule has 2 heterocycles. The molecule has 2 aromatic rings. The summed E-state index contributed by atoms with van der Waals surface area (Å²) in [4.78, 5) is 23.4. The molecule has 0 spiro atoms. The number of hydrogen-bond acceptors (Lipinski definition) is 8. The molecule has 1 aromatic heterocycles. The molecule has 9 nitrogen and oxygen atoms in total. The summed E-state index contributed by atoms with van der Waals surface area (Å²) in [6.07, 6.45) is 0.0795. The Morgan fingerprint density at radius 2 is 2.22 bits per heavy atom. The highest BCUT2D eigenvalue weighted by Crippen LogP contribution is 2.36. The molecule has 118 valence electrons. The molecular formula is C12H11BN4O5S. The van der Waals surface area contributed by atoms with Crippen LogP contribution in [0.2, 0.25) is 6.32 Å². The second-order valence-electron chi connectivity index (χ2n) is 4.81. The molecule has 11 heteroatoms. The first kappa shape index (κ1) is 15.2. The number of nitrogen functional groups attached to an aromatic ring is 1. The van der Waals surface area contributed by atoms with Crippen LogP contribution in [0.4, 0.5) is 5.13 Å². The first-order valence-electron chi connectivity index (χ1n) is 6.56. The van der Waals surface area contributed by atoms with E-state index < -0.39 is 25.0 Å². The number of carboxylic acid groups (broad SMARTS) is 1. The first-order chi connectivity index (χ1) is 11.0. The number of carboxylic acids is 1. The Hall–Kier alpha value is -2.66. The molecule has 0 saturated heterocycles. The summed E-state index contributed by atoms with van der Waals surface area (Å²) in [5.74, 6) is -1.65. The fourth-order valence-electron chi connectivity index (χ4n) is 2.32. The fourth-order valence-corrected chi connectivity index (χ4v) is 2.84. The van der Waals surface area contributed by atoms with Crippen LogP contribution in [-0.4, -0.2) is 39.3 Å². The quantitative estimate of drug-likeness (QED) is 0.580. The molecule has 1 aliphatic heterocycles. The van der Waals surface area contributed by atoms with Crippen molar-refractivity contribution in [2.24, 2.45) is 0 Å². The zero-order valence-corrected chi connectivity index (χ0v) is 12.4. The van der Waals surface area contributed by atoms with Crippen LogP contribution < -0.4 is 15.7 Å². The van der Waals surface area contributed by atoms with Gasteiger partial charge in [-0.1, -0.05) is 23.5 Å². The summed E-state index contributed by atoms with van der Waals surface area (Å²) < 4.78 is 5.22. The van der Waals surface area contributed by atoms with Crippen LogP contribution in [0.3, 0.4) is 0 Å². The van der Waals surface area contributed by atoms with Crippen LogP contribution in [0, 0.1) is 0 Å². The number of nitrogens with one attached hydrogen (secondary N) is 1. The van der Waals surface area contributed by atoms with E-state index in [-0.39, 0.29) is 27.8 Å². The summed E-state index contributed by atoms with van der Waals surface area (Å²) in [6, 6.07) is 3.92. The van der Waals surface area contributed by atoms with Gasteiger partial charge in [-0.3, -0.25) is 4.79 Å². The summed E-state index contributed by atoms with van der Waals surface area (Å²) in [5, 5.41) is 29.1. The van der Waals surface area contributed by atoms with Gasteiger partial charge in [0.05, 0.1) is 6.04 Å². The Balaban J connectivity index is 1.91. The summed E-state index contributed by atoms with van der Waals surface area (Å²) in [5.41, 5.74) is 5.83. The van der Waals surface area contributed by atoms with Crippen LogP contribution in [0.1, 0.15) is 31.8 Å². The maximum absolute atomic E-state index is 12.2. The number of benzene rings is 1. The largest absolute Gasteiger partial charge is 0.535 e. The van der Waals surface area contributed by atoms with Gasteiger partial charge in [-0.25, -0.2) is 4.79 Å². The third-order valence-electron chi connectivity index (χ3n) is 3.28. The van der Waals surface area contributed by atoms with Gasteiger partial charge in [0.15, 0.2) is 0 Å². The van der Waals surface area contributed by atoms with E-state index in [0.29, 0.717) is 5.56 Å². The van der Waals surface area contributed by atoms with Crippen molar-refractivity contribution in [3.63, 3.8) is 0 Å². The van der Waals surface area contributed by atoms with Crippen molar-refractivity contribution in [3.05, 3.63) is 34.3 Å². The number of carbonyl (C=O) groups excluding carboxylic acids is 1. The summed E-state index contributed by atoms with van der Waals surface area (Å²) in [6.45, 7) is 0. The molecule has 23 heavy (non-hydrogen) atoms. The normalized spacial score (nSPS) is 16.4. The van der Waals surface area contributed by atoms with Gasteiger partial charge in [0.2, 0.25) is 10.1 Å². The Morgan fingerprint density at radius 1 is 1.43 bits per heavy atom. The van der Waals surface area contributed by atoms with Crippen molar-refractivity contribution < 1.29 is 24.4 Å². The summed E-state index contributed by atoms with van der Waals surface area (Å²) in [7, 11) is -1.23. The molecule has 1 atom stereocenters. The minimum absolute atomic E-state index is 0.0424. The van der Waals surface area contributed by atoms with E-state index in [0.717, 1.165) is 11.3 Å². The minimum Gasteiger partial charge on any atom is -0.535 e. The first-order valence-corrected chi connectivity index (χ1v) is 7.38. The molecule has 1 aliphatic rings. The predicted octanol–water partition coefficient (Wildman–Crippen LogP) is 0.162. The Labute approximate surface area is 134 Å². The highest BCUT2D eigenvalue weighted by molar-refractivity contribution is 7.16. The van der Waals surface area contributed by atoms with E-state index in [1.54, 1.807) is 12.1 Å². The van der Waals surface area contributed by atoms with E-state index in [1.807, 2.05) is 0 Å². The number of amides is 1. The molecule has 1 amide bonds. The van der Waals surface area contributed by atoms with E-state index in [1.165, 1.54) is 6.07 Å². The number of para-hydroxylation sites is 1. The van der Waals surface area contributed by atoms with Crippen LogP contribution in [0.25, 0.3) is 0 Å². The van der Waals surface area contributed by atoms with Crippen molar-refractivity contribution in [2.75, 3.05) is 5.73 Å². The molecule has 0 bridgehead atoms. The molecule has 1 aromatic carbocycles. The second-order valence-corrected chi connectivity index (χ2v) is 5.82. The number of carbonyl (C=O) groups is 2. The van der Waals surface area contributed by atoms with Crippen LogP contribution in [-0.2, 0) is 0 Å². The number of nitrogens with zero attached hydrogens (tertiary/aromatic N) is 2. The van der Waals surface area contributed by atoms with Gasteiger partial charge >= 0.3 is 13.1 Å². The molecule has 1 unspecified atom stereocenters. The number of rotatable bonds is 3. The fraction of sp³-hybridized carbons (Fsp3) is 0.167. The highest BCUT2D eigenvalue weighted by Gasteiger charge is 2.35. The molecule has 3 rings (SSSR count). The molecule has 0 fully saturated rings. The molecule has 0 saturated carbocycles. The van der Waals surface area contributed by atoms with Gasteiger partial charge in [0, 0.05) is 11.9 Å². The Bertz CT molecular complexity index is 783. The zero-order valence-electron chi connectivity index (χ0n) is 11.6. The topological polar surface area (TPSA) is 148 Å². The van der Waals surface area contributed by atoms with Crippen molar-refractivity contribution in [1.29, 1.82) is 0 Å². The molecular weight excluding hydrogens is 323 g/mol. The lowest BCUT2D eigenvalue weighted by atomic mass is 9.75. The van der Waals surface area contributed by atoms with Gasteiger partial charge in [0.1, 0.15) is 11.3 Å². The van der Waals surface area contributed by atoms with Crippen LogP contribution in [0.15, 0.2) is 18.2 Å². The maximum Gasteiger partial charge on any atom is 0.525 e. The molecule has 0 aliphatic carbocycles. The number of aromatic nitrogens is 2. The van der Waals surface area contributed by atoms with Crippen molar-refractivity contribution in [3.8, 4) is 5.75 Å². The zero-order chi connectivity index (χ0) is 16.6. The van der Waals surface area contributed by atoms with Crippen LogP contribution in [0.5, 0.6) is 5.75 Å². The van der Waals surface area contributed by atoms with Gasteiger partial charge in [-0.15, -0.1) is 10.2 Å². The van der Waals surface area contributed by atoms with E-state index in [2.05, 4.69) is 15.5 Å². The highest BCUT2D eigenvalue weighted by atomic mass is 32.1. The lowest BCUT2D eigenvalue weighted by Gasteiger charge is -2.28. The van der Waals surface area contributed by atoms with Crippen molar-refractivity contribution in [2.45, 2.75) is 12.4 Å². The summed E-state index contributed by atoms with van der Waals surface area (Å²) >= 11 is 0.930. The third kappa shape index (κ3) is 2.96. The number of fused-ring (bicyclic) bond motifs is 1. The number of hydrogen-bond donors (Lipinski definition) is 4. The Morgan fingerprint density at radius 3 is 2.87 bits per heavy atom. The lowest BCUT2D eigenvalue weighted by molar-refractivity contribution is 0.0694. The number of aromatic carboxylic acids is 1. The van der Waals surface area contributed by atoms with E-state index in [4.69, 9.17) is 10.4 Å². The SMILES string of the molecule is Nc1nnc(C(=O)NC2CB(O)Oc3c(C(=O)O)cccc32)s1. The number of anilines is 1. The van der Waals surface area contributed by atoms with E-state index in [9.17, 15) is 19.7 Å². The van der Waals surface area contributed by atoms with Crippen LogP contribution >= 0.6 is 11.3 Å². The van der Waals surface area contributed by atoms with Crippen molar-refractivity contribution >= 4 is 35.5 Å². The second kappa shape index (κ2) is 5.86. The monoisotopic (exact) mass is 334 g/mol. The predicted molar refractivity (Wildman–Crippen MR) is 81.3 cm³/mol. The molecule has 5 N–H and O–H groups in total. The van der Waals surface area contributed by atoms with Gasteiger partial charge in [-0.05, 0) is 6.07 Å².